The van der Waals surface area contributed by atoms with E-state index in [1.54, 1.807) is 20.3 Å². The summed E-state index contributed by atoms with van der Waals surface area (Å²) < 4.78 is 35.2. The van der Waals surface area contributed by atoms with Gasteiger partial charge in [-0.25, -0.2) is 0 Å². The van der Waals surface area contributed by atoms with Gasteiger partial charge in [0.1, 0.15) is 13.1 Å². The van der Waals surface area contributed by atoms with Crippen LogP contribution in [0.15, 0.2) is 24.8 Å². The molecule has 0 aromatic heterocycles. The predicted octanol–water partition coefficient (Wildman–Crippen LogP) is 5.76. The summed E-state index contributed by atoms with van der Waals surface area (Å²) in [5, 5.41) is -0.0564. The lowest BCUT2D eigenvalue weighted by Gasteiger charge is -2.40. The molecular formula is C27H44O7Si. The maximum atomic E-state index is 13.0. The molecule has 7 nitrogen and oxygen atoms in total. The highest BCUT2D eigenvalue weighted by atomic mass is 28.4. The number of benzene rings is 1. The maximum Gasteiger partial charge on any atom is 0.250 e. The molecule has 0 radical (unpaired) electrons. The first kappa shape index (κ1) is 29.5. The van der Waals surface area contributed by atoms with E-state index in [1.165, 1.54) is 0 Å². The molecule has 1 atom stereocenters. The summed E-state index contributed by atoms with van der Waals surface area (Å²) in [6.45, 7) is 18.3. The average molecular weight is 509 g/mol. The summed E-state index contributed by atoms with van der Waals surface area (Å²) in [5.41, 5.74) is 0.691. The second kappa shape index (κ2) is 12.0. The quantitative estimate of drug-likeness (QED) is 0.104. The van der Waals surface area contributed by atoms with Crippen molar-refractivity contribution in [2.24, 2.45) is 0 Å². The molecule has 1 fully saturated rings. The van der Waals surface area contributed by atoms with Gasteiger partial charge < -0.3 is 32.9 Å². The van der Waals surface area contributed by atoms with E-state index in [-0.39, 0.29) is 18.4 Å². The highest BCUT2D eigenvalue weighted by Crippen LogP contribution is 2.49. The first-order valence-corrected chi connectivity index (χ1v) is 15.1. The van der Waals surface area contributed by atoms with Gasteiger partial charge in [-0.05, 0) is 49.5 Å². The number of carbonyl (C=O) groups excluding carboxylic acids is 1. The Morgan fingerprint density at radius 2 is 1.83 bits per heavy atom. The number of hydrogen-bond donors (Lipinski definition) is 0. The van der Waals surface area contributed by atoms with Crippen molar-refractivity contribution in [1.29, 1.82) is 0 Å². The fourth-order valence-corrected chi connectivity index (χ4v) is 5.10. The van der Waals surface area contributed by atoms with E-state index in [1.807, 2.05) is 19.1 Å². The van der Waals surface area contributed by atoms with Crippen molar-refractivity contribution < 1.29 is 32.9 Å². The minimum atomic E-state index is -2.30. The fraction of sp³-hybridized carbons (Fsp3) is 0.667. The van der Waals surface area contributed by atoms with Gasteiger partial charge in [-0.1, -0.05) is 32.9 Å². The Hall–Kier alpha value is -1.71. The van der Waals surface area contributed by atoms with Crippen LogP contribution in [0.2, 0.25) is 18.1 Å². The summed E-state index contributed by atoms with van der Waals surface area (Å²) in [6, 6.07) is 3.82. The van der Waals surface area contributed by atoms with Gasteiger partial charge in [0.05, 0.1) is 32.3 Å². The van der Waals surface area contributed by atoms with Crippen LogP contribution in [0.25, 0.3) is 0 Å². The average Bonchev–Trinajstić information content (AvgIpc) is 3.23. The first-order valence-electron chi connectivity index (χ1n) is 12.2. The second-order valence-electron chi connectivity index (χ2n) is 10.8. The minimum Gasteiger partial charge on any atom is -0.541 e. The Balaban J connectivity index is 2.73. The van der Waals surface area contributed by atoms with Crippen LogP contribution in [0.1, 0.15) is 58.1 Å². The van der Waals surface area contributed by atoms with Crippen LogP contribution in [0.5, 0.6) is 11.5 Å². The van der Waals surface area contributed by atoms with Gasteiger partial charge in [0.2, 0.25) is 0 Å². The molecule has 1 aromatic carbocycles. The molecule has 1 saturated heterocycles. The highest BCUT2D eigenvalue weighted by Gasteiger charge is 2.44. The smallest absolute Gasteiger partial charge is 0.250 e. The van der Waals surface area contributed by atoms with Crippen molar-refractivity contribution in [2.45, 2.75) is 82.9 Å². The van der Waals surface area contributed by atoms with Gasteiger partial charge in [0, 0.05) is 19.1 Å². The summed E-state index contributed by atoms with van der Waals surface area (Å²) in [5.74, 6) is 0.460. The van der Waals surface area contributed by atoms with Gasteiger partial charge in [0.25, 0.3) is 8.32 Å². The highest BCUT2D eigenvalue weighted by molar-refractivity contribution is 6.74. The van der Waals surface area contributed by atoms with Crippen LogP contribution < -0.4 is 9.16 Å². The predicted molar refractivity (Wildman–Crippen MR) is 140 cm³/mol. The summed E-state index contributed by atoms with van der Waals surface area (Å²) in [4.78, 5) is 13.0. The Labute approximate surface area is 212 Å². The zero-order chi connectivity index (χ0) is 26.3. The molecule has 2 rings (SSSR count). The molecule has 1 heterocycles. The monoisotopic (exact) mass is 508 g/mol. The van der Waals surface area contributed by atoms with E-state index >= 15 is 0 Å². The maximum absolute atomic E-state index is 13.0. The third-order valence-corrected chi connectivity index (χ3v) is 11.5. The molecule has 0 saturated carbocycles. The topological polar surface area (TPSA) is 72.5 Å². The fourth-order valence-electron chi connectivity index (χ4n) is 4.08. The molecule has 0 N–H and O–H groups in total. The second-order valence-corrected chi connectivity index (χ2v) is 15.6. The van der Waals surface area contributed by atoms with Gasteiger partial charge in [0.15, 0.2) is 17.3 Å². The SMILES string of the molecule is C=CCC(C=O)(CCC1(C)OCCO1)c1c(COCOC)ccc(OC)c1O[Si](C)(C)C(C)(C)C. The van der Waals surface area contributed by atoms with Gasteiger partial charge >= 0.3 is 0 Å². The molecule has 1 aliphatic heterocycles. The number of hydrogen-bond acceptors (Lipinski definition) is 7. The Kier molecular flexibility index (Phi) is 10.1. The molecule has 35 heavy (non-hydrogen) atoms. The van der Waals surface area contributed by atoms with E-state index in [4.69, 9.17) is 28.1 Å². The molecule has 0 spiro atoms. The van der Waals surface area contributed by atoms with E-state index in [0.717, 1.165) is 17.4 Å². The van der Waals surface area contributed by atoms with E-state index in [2.05, 4.69) is 40.4 Å². The normalized spacial score (nSPS) is 17.6. The van der Waals surface area contributed by atoms with Crippen molar-refractivity contribution in [1.82, 2.24) is 0 Å². The first-order chi connectivity index (χ1) is 16.4. The van der Waals surface area contributed by atoms with Crippen LogP contribution >= 0.6 is 0 Å². The molecule has 0 bridgehead atoms. The number of carbonyl (C=O) groups is 1. The number of ether oxygens (including phenoxy) is 5. The van der Waals surface area contributed by atoms with Crippen LogP contribution in [-0.2, 0) is 35.8 Å². The summed E-state index contributed by atoms with van der Waals surface area (Å²) in [7, 11) is 0.901. The van der Waals surface area contributed by atoms with Crippen molar-refractivity contribution in [2.75, 3.05) is 34.2 Å². The number of aldehydes is 1. The summed E-state index contributed by atoms with van der Waals surface area (Å²) in [6.07, 6.45) is 4.24. The molecule has 1 unspecified atom stereocenters. The summed E-state index contributed by atoms with van der Waals surface area (Å²) >= 11 is 0. The molecule has 1 aliphatic rings. The van der Waals surface area contributed by atoms with Gasteiger partial charge in [-0.3, -0.25) is 0 Å². The van der Waals surface area contributed by atoms with Crippen molar-refractivity contribution >= 4 is 14.6 Å². The molecule has 0 amide bonds. The lowest BCUT2D eigenvalue weighted by molar-refractivity contribution is -0.150. The van der Waals surface area contributed by atoms with Crippen molar-refractivity contribution in [3.05, 3.63) is 35.9 Å². The van der Waals surface area contributed by atoms with E-state index in [9.17, 15) is 4.79 Å². The zero-order valence-corrected chi connectivity index (χ0v) is 23.8. The number of allylic oxidation sites excluding steroid dienone is 1. The molecule has 1 aromatic rings. The van der Waals surface area contributed by atoms with Crippen molar-refractivity contribution in [3.63, 3.8) is 0 Å². The van der Waals surface area contributed by atoms with Crippen LogP contribution in [-0.4, -0.2) is 54.6 Å². The Morgan fingerprint density at radius 1 is 1.17 bits per heavy atom. The minimum absolute atomic E-state index is 0.0564. The largest absolute Gasteiger partial charge is 0.541 e. The van der Waals surface area contributed by atoms with Crippen LogP contribution in [0.4, 0.5) is 0 Å². The zero-order valence-electron chi connectivity index (χ0n) is 22.8. The molecular weight excluding hydrogens is 464 g/mol. The van der Waals surface area contributed by atoms with Crippen LogP contribution in [0, 0.1) is 0 Å². The van der Waals surface area contributed by atoms with Crippen LogP contribution in [0.3, 0.4) is 0 Å². The number of rotatable bonds is 14. The molecule has 8 heteroatoms. The Morgan fingerprint density at radius 3 is 2.34 bits per heavy atom. The van der Waals surface area contributed by atoms with E-state index in [0.29, 0.717) is 44.0 Å². The molecule has 198 valence electrons. The third kappa shape index (κ3) is 6.95. The standard InChI is InChI=1S/C27H44O7Si/c1-10-13-27(19-28,15-14-26(5)32-16-17-33-26)23-21(18-31-20-29-6)11-12-22(30-7)24(23)34-35(8,9)25(2,3)4/h10-12,19H,1,13-18,20H2,2-9H3. The number of methoxy groups -OCH3 is 2. The lowest BCUT2D eigenvalue weighted by atomic mass is 9.72. The lowest BCUT2D eigenvalue weighted by Crippen LogP contribution is -2.45. The molecule has 0 aliphatic carbocycles. The van der Waals surface area contributed by atoms with Crippen molar-refractivity contribution in [3.8, 4) is 11.5 Å². The van der Waals surface area contributed by atoms with Gasteiger partial charge in [-0.15, -0.1) is 6.58 Å². The Bertz CT molecular complexity index is 856. The van der Waals surface area contributed by atoms with E-state index < -0.39 is 19.5 Å². The van der Waals surface area contributed by atoms with Gasteiger partial charge in [-0.2, -0.15) is 0 Å². The third-order valence-electron chi connectivity index (χ3n) is 7.21.